The molecule has 15 heavy (non-hydrogen) atoms. The fourth-order valence-corrected chi connectivity index (χ4v) is 1.66. The van der Waals surface area contributed by atoms with Gasteiger partial charge in [0.15, 0.2) is 0 Å². The summed E-state index contributed by atoms with van der Waals surface area (Å²) < 4.78 is 0. The first kappa shape index (κ1) is 15.0. The van der Waals surface area contributed by atoms with Gasteiger partial charge in [-0.05, 0) is 24.3 Å². The van der Waals surface area contributed by atoms with Crippen LogP contribution in [0, 0.1) is 5.41 Å². The van der Waals surface area contributed by atoms with Crippen LogP contribution in [0.15, 0.2) is 11.1 Å². The summed E-state index contributed by atoms with van der Waals surface area (Å²) in [5, 5.41) is 3.45. The Kier molecular flexibility index (Phi) is 8.17. The van der Waals surface area contributed by atoms with Gasteiger partial charge < -0.3 is 5.32 Å². The van der Waals surface area contributed by atoms with Crippen LogP contribution in [-0.4, -0.2) is 13.1 Å². The second kappa shape index (κ2) is 8.18. The van der Waals surface area contributed by atoms with Crippen LogP contribution < -0.4 is 5.32 Å². The van der Waals surface area contributed by atoms with Gasteiger partial charge in [-0.1, -0.05) is 51.6 Å². The van der Waals surface area contributed by atoms with E-state index >= 15 is 0 Å². The standard InChI is InChI=1S/C13H26ClN/c1-5-6-7-8-13(3,4)11-15-10-12(2)9-14/h9,15H,5-8,10-11H2,1-4H3. The van der Waals surface area contributed by atoms with Crippen molar-refractivity contribution in [1.82, 2.24) is 5.32 Å². The Labute approximate surface area is 100 Å². The zero-order chi connectivity index (χ0) is 11.7. The lowest BCUT2D eigenvalue weighted by molar-refractivity contribution is 0.306. The number of halogens is 1. The van der Waals surface area contributed by atoms with Gasteiger partial charge in [-0.2, -0.15) is 0 Å². The molecule has 0 rings (SSSR count). The van der Waals surface area contributed by atoms with E-state index in [1.165, 1.54) is 31.3 Å². The minimum absolute atomic E-state index is 0.405. The van der Waals surface area contributed by atoms with Gasteiger partial charge in [0.2, 0.25) is 0 Å². The molecule has 0 aromatic heterocycles. The summed E-state index contributed by atoms with van der Waals surface area (Å²) in [5.74, 6) is 0. The molecule has 0 radical (unpaired) electrons. The molecule has 0 saturated carbocycles. The molecule has 90 valence electrons. The minimum Gasteiger partial charge on any atom is -0.312 e. The summed E-state index contributed by atoms with van der Waals surface area (Å²) in [6.07, 6.45) is 5.30. The van der Waals surface area contributed by atoms with Gasteiger partial charge in [0.1, 0.15) is 0 Å². The molecule has 0 amide bonds. The largest absolute Gasteiger partial charge is 0.312 e. The topological polar surface area (TPSA) is 12.0 Å². The van der Waals surface area contributed by atoms with Gasteiger partial charge in [-0.15, -0.1) is 0 Å². The quantitative estimate of drug-likeness (QED) is 0.614. The van der Waals surface area contributed by atoms with E-state index in [2.05, 4.69) is 26.1 Å². The summed E-state index contributed by atoms with van der Waals surface area (Å²) in [6, 6.07) is 0. The first-order valence-electron chi connectivity index (χ1n) is 5.98. The van der Waals surface area contributed by atoms with Crippen LogP contribution in [0.5, 0.6) is 0 Å². The molecule has 1 N–H and O–H groups in total. The molecule has 0 aromatic rings. The van der Waals surface area contributed by atoms with Crippen LogP contribution in [0.2, 0.25) is 0 Å². The lowest BCUT2D eigenvalue weighted by Crippen LogP contribution is -2.30. The van der Waals surface area contributed by atoms with E-state index in [4.69, 9.17) is 11.6 Å². The highest BCUT2D eigenvalue weighted by atomic mass is 35.5. The van der Waals surface area contributed by atoms with Gasteiger partial charge in [-0.3, -0.25) is 0 Å². The van der Waals surface area contributed by atoms with E-state index in [9.17, 15) is 0 Å². The van der Waals surface area contributed by atoms with Crippen molar-refractivity contribution in [3.63, 3.8) is 0 Å². The molecule has 0 saturated heterocycles. The van der Waals surface area contributed by atoms with E-state index in [0.29, 0.717) is 5.41 Å². The van der Waals surface area contributed by atoms with Crippen molar-refractivity contribution in [2.45, 2.75) is 53.4 Å². The lowest BCUT2D eigenvalue weighted by atomic mass is 9.87. The monoisotopic (exact) mass is 231 g/mol. The van der Waals surface area contributed by atoms with Gasteiger partial charge >= 0.3 is 0 Å². The molecule has 0 fully saturated rings. The Hall–Kier alpha value is -0.0100. The van der Waals surface area contributed by atoms with Crippen molar-refractivity contribution in [3.05, 3.63) is 11.1 Å². The van der Waals surface area contributed by atoms with Gasteiger partial charge in [0.25, 0.3) is 0 Å². The van der Waals surface area contributed by atoms with Gasteiger partial charge in [-0.25, -0.2) is 0 Å². The van der Waals surface area contributed by atoms with Gasteiger partial charge in [0, 0.05) is 18.6 Å². The van der Waals surface area contributed by atoms with Crippen molar-refractivity contribution in [3.8, 4) is 0 Å². The molecular weight excluding hydrogens is 206 g/mol. The molecular formula is C13H26ClN. The Morgan fingerprint density at radius 3 is 2.53 bits per heavy atom. The molecule has 2 heteroatoms. The molecule has 1 nitrogen and oxygen atoms in total. The van der Waals surface area contributed by atoms with Crippen LogP contribution in [0.1, 0.15) is 53.4 Å². The van der Waals surface area contributed by atoms with E-state index in [-0.39, 0.29) is 0 Å². The van der Waals surface area contributed by atoms with Crippen LogP contribution in [0.4, 0.5) is 0 Å². The van der Waals surface area contributed by atoms with Crippen LogP contribution >= 0.6 is 11.6 Å². The summed E-state index contributed by atoms with van der Waals surface area (Å²) in [4.78, 5) is 0. The number of hydrogen-bond donors (Lipinski definition) is 1. The Balaban J connectivity index is 3.64. The highest BCUT2D eigenvalue weighted by Crippen LogP contribution is 2.22. The highest BCUT2D eigenvalue weighted by molar-refractivity contribution is 6.25. The number of hydrogen-bond acceptors (Lipinski definition) is 1. The molecule has 0 aliphatic rings. The second-order valence-electron chi connectivity index (χ2n) is 5.18. The fraction of sp³-hybridized carbons (Fsp3) is 0.846. The third-order valence-electron chi connectivity index (χ3n) is 2.65. The highest BCUT2D eigenvalue weighted by Gasteiger charge is 2.16. The molecule has 0 atom stereocenters. The van der Waals surface area contributed by atoms with Crippen molar-refractivity contribution < 1.29 is 0 Å². The SMILES string of the molecule is CCCCCC(C)(C)CNCC(C)=CCl. The fourth-order valence-electron chi connectivity index (χ4n) is 1.58. The average Bonchev–Trinajstić information content (AvgIpc) is 2.17. The zero-order valence-corrected chi connectivity index (χ0v) is 11.5. The van der Waals surface area contributed by atoms with Crippen LogP contribution in [0.25, 0.3) is 0 Å². The molecule has 0 aromatic carbocycles. The van der Waals surface area contributed by atoms with Crippen molar-refractivity contribution in [2.75, 3.05) is 13.1 Å². The first-order chi connectivity index (χ1) is 7.02. The molecule has 0 spiro atoms. The summed E-state index contributed by atoms with van der Waals surface area (Å²) in [5.41, 5.74) is 3.25. The zero-order valence-electron chi connectivity index (χ0n) is 10.7. The smallest absolute Gasteiger partial charge is 0.0173 e. The Morgan fingerprint density at radius 1 is 1.33 bits per heavy atom. The molecule has 0 heterocycles. The molecule has 0 aliphatic heterocycles. The lowest BCUT2D eigenvalue weighted by Gasteiger charge is -2.25. The number of unbranched alkanes of at least 4 members (excludes halogenated alkanes) is 2. The maximum absolute atomic E-state index is 5.60. The van der Waals surface area contributed by atoms with Crippen molar-refractivity contribution >= 4 is 11.6 Å². The van der Waals surface area contributed by atoms with E-state index in [1.54, 1.807) is 5.54 Å². The van der Waals surface area contributed by atoms with Crippen molar-refractivity contribution in [2.24, 2.45) is 5.41 Å². The third-order valence-corrected chi connectivity index (χ3v) is 3.02. The van der Waals surface area contributed by atoms with E-state index < -0.39 is 0 Å². The maximum atomic E-state index is 5.60. The molecule has 0 aliphatic carbocycles. The Morgan fingerprint density at radius 2 is 2.00 bits per heavy atom. The maximum Gasteiger partial charge on any atom is 0.0173 e. The van der Waals surface area contributed by atoms with Crippen molar-refractivity contribution in [1.29, 1.82) is 0 Å². The van der Waals surface area contributed by atoms with E-state index in [1.807, 2.05) is 6.92 Å². The van der Waals surface area contributed by atoms with Crippen LogP contribution in [-0.2, 0) is 0 Å². The number of rotatable bonds is 8. The summed E-state index contributed by atoms with van der Waals surface area (Å²) >= 11 is 5.60. The first-order valence-corrected chi connectivity index (χ1v) is 6.42. The van der Waals surface area contributed by atoms with Gasteiger partial charge in [0.05, 0.1) is 0 Å². The van der Waals surface area contributed by atoms with E-state index in [0.717, 1.165) is 13.1 Å². The average molecular weight is 232 g/mol. The third kappa shape index (κ3) is 8.95. The Bertz CT molecular complexity index is 185. The van der Waals surface area contributed by atoms with Crippen LogP contribution in [0.3, 0.4) is 0 Å². The number of nitrogens with one attached hydrogen (secondary N) is 1. The summed E-state index contributed by atoms with van der Waals surface area (Å²) in [7, 11) is 0. The second-order valence-corrected chi connectivity index (χ2v) is 5.40. The molecule has 0 unspecified atom stereocenters. The predicted octanol–water partition coefficient (Wildman–Crippen LogP) is 4.33. The predicted molar refractivity (Wildman–Crippen MR) is 70.4 cm³/mol. The minimum atomic E-state index is 0.405. The summed E-state index contributed by atoms with van der Waals surface area (Å²) in [6.45, 7) is 10.9. The molecule has 0 bridgehead atoms. The normalized spacial score (nSPS) is 13.3.